The second-order valence-corrected chi connectivity index (χ2v) is 6.86. The van der Waals surface area contributed by atoms with Gasteiger partial charge in [0.2, 0.25) is 0 Å². The summed E-state index contributed by atoms with van der Waals surface area (Å²) in [5, 5.41) is 12.2. The standard InChI is InChI=1S/C16H17N3O2S/c20-11-6-4-5-10-13(11)14-16(18-15(10)21)22-12(17-14)9-19-7-2-1-3-8-19/h4-6,20H,1-3,7-9H2,(H,18,21). The topological polar surface area (TPSA) is 69.2 Å². The van der Waals surface area contributed by atoms with E-state index >= 15 is 0 Å². The first kappa shape index (κ1) is 13.7. The molecule has 0 atom stereocenters. The Hall–Kier alpha value is -1.92. The molecule has 5 nitrogen and oxygen atoms in total. The minimum absolute atomic E-state index is 0.114. The molecule has 2 aromatic heterocycles. The number of fused-ring (bicyclic) bond motifs is 3. The molecule has 0 spiro atoms. The van der Waals surface area contributed by atoms with Gasteiger partial charge in [-0.3, -0.25) is 9.69 Å². The van der Waals surface area contributed by atoms with Crippen LogP contribution in [0.15, 0.2) is 23.0 Å². The van der Waals surface area contributed by atoms with Crippen molar-refractivity contribution in [3.8, 4) is 5.75 Å². The molecule has 0 radical (unpaired) electrons. The zero-order valence-corrected chi connectivity index (χ0v) is 12.9. The van der Waals surface area contributed by atoms with Crippen LogP contribution in [0.25, 0.3) is 21.1 Å². The molecule has 114 valence electrons. The molecule has 0 amide bonds. The molecule has 6 heteroatoms. The number of pyridine rings is 1. The summed E-state index contributed by atoms with van der Waals surface area (Å²) in [7, 11) is 0. The molecule has 0 aliphatic carbocycles. The van der Waals surface area contributed by atoms with Gasteiger partial charge in [0.05, 0.1) is 17.3 Å². The Morgan fingerprint density at radius 1 is 1.27 bits per heavy atom. The van der Waals surface area contributed by atoms with Gasteiger partial charge in [-0.05, 0) is 38.1 Å². The molecule has 22 heavy (non-hydrogen) atoms. The van der Waals surface area contributed by atoms with Crippen molar-refractivity contribution in [3.05, 3.63) is 33.6 Å². The normalized spacial score (nSPS) is 16.5. The van der Waals surface area contributed by atoms with Gasteiger partial charge in [0.15, 0.2) is 0 Å². The molecule has 3 heterocycles. The monoisotopic (exact) mass is 315 g/mol. The van der Waals surface area contributed by atoms with Crippen molar-refractivity contribution in [3.63, 3.8) is 0 Å². The van der Waals surface area contributed by atoms with Crippen molar-refractivity contribution >= 4 is 32.5 Å². The van der Waals surface area contributed by atoms with E-state index in [2.05, 4.69) is 14.9 Å². The molecule has 1 saturated heterocycles. The van der Waals surface area contributed by atoms with Crippen molar-refractivity contribution in [2.24, 2.45) is 0 Å². The van der Waals surface area contributed by atoms with E-state index in [1.807, 2.05) is 0 Å². The molecule has 1 aliphatic rings. The lowest BCUT2D eigenvalue weighted by Gasteiger charge is -2.25. The van der Waals surface area contributed by atoms with E-state index in [1.165, 1.54) is 30.6 Å². The molecular weight excluding hydrogens is 298 g/mol. The van der Waals surface area contributed by atoms with Gasteiger partial charge in [0, 0.05) is 0 Å². The lowest BCUT2D eigenvalue weighted by Crippen LogP contribution is -2.28. The molecule has 0 saturated carbocycles. The fourth-order valence-corrected chi connectivity index (χ4v) is 4.15. The highest BCUT2D eigenvalue weighted by Crippen LogP contribution is 2.31. The largest absolute Gasteiger partial charge is 0.507 e. The van der Waals surface area contributed by atoms with Gasteiger partial charge in [-0.1, -0.05) is 23.8 Å². The summed E-state index contributed by atoms with van der Waals surface area (Å²) in [5.41, 5.74) is 0.524. The number of hydrogen-bond acceptors (Lipinski definition) is 5. The highest BCUT2D eigenvalue weighted by molar-refractivity contribution is 7.18. The second kappa shape index (κ2) is 5.37. The number of nitrogens with one attached hydrogen (secondary N) is 1. The summed E-state index contributed by atoms with van der Waals surface area (Å²) < 4.78 is 0. The van der Waals surface area contributed by atoms with Gasteiger partial charge in [0.25, 0.3) is 5.56 Å². The lowest BCUT2D eigenvalue weighted by molar-refractivity contribution is 0.221. The minimum atomic E-state index is -0.174. The third-order valence-electron chi connectivity index (χ3n) is 4.23. The predicted octanol–water partition coefficient (Wildman–Crippen LogP) is 2.83. The molecule has 3 aromatic rings. The number of aromatic nitrogens is 2. The van der Waals surface area contributed by atoms with E-state index < -0.39 is 0 Å². The first-order valence-electron chi connectivity index (χ1n) is 7.58. The second-order valence-electron chi connectivity index (χ2n) is 5.78. The molecule has 0 bridgehead atoms. The highest BCUT2D eigenvalue weighted by atomic mass is 32.1. The van der Waals surface area contributed by atoms with E-state index in [9.17, 15) is 9.90 Å². The fraction of sp³-hybridized carbons (Fsp3) is 0.375. The third-order valence-corrected chi connectivity index (χ3v) is 5.19. The summed E-state index contributed by atoms with van der Waals surface area (Å²) in [5.74, 6) is 0.114. The lowest BCUT2D eigenvalue weighted by atomic mass is 10.1. The van der Waals surface area contributed by atoms with Crippen LogP contribution in [0.4, 0.5) is 0 Å². The molecule has 1 fully saturated rings. The van der Waals surface area contributed by atoms with E-state index in [0.717, 1.165) is 29.5 Å². The maximum atomic E-state index is 12.1. The van der Waals surface area contributed by atoms with Crippen molar-refractivity contribution in [2.45, 2.75) is 25.8 Å². The molecule has 4 rings (SSSR count). The number of phenols is 1. The Labute approximate surface area is 131 Å². The molecule has 1 aliphatic heterocycles. The summed E-state index contributed by atoms with van der Waals surface area (Å²) in [6.45, 7) is 3.04. The Balaban J connectivity index is 1.83. The average molecular weight is 315 g/mol. The van der Waals surface area contributed by atoms with Crippen LogP contribution in [0.1, 0.15) is 24.3 Å². The number of rotatable bonds is 2. The number of aromatic hydroxyl groups is 1. The summed E-state index contributed by atoms with van der Waals surface area (Å²) in [6.07, 6.45) is 3.79. The number of H-pyrrole nitrogens is 1. The summed E-state index contributed by atoms with van der Waals surface area (Å²) in [4.78, 5) is 22.9. The minimum Gasteiger partial charge on any atom is -0.507 e. The maximum Gasteiger partial charge on any atom is 0.257 e. The Morgan fingerprint density at radius 2 is 2.09 bits per heavy atom. The number of hydrogen-bond donors (Lipinski definition) is 2. The third kappa shape index (κ3) is 2.28. The first-order chi connectivity index (χ1) is 10.7. The zero-order chi connectivity index (χ0) is 15.1. The van der Waals surface area contributed by atoms with Gasteiger partial charge in [-0.25, -0.2) is 4.98 Å². The van der Waals surface area contributed by atoms with Crippen LogP contribution >= 0.6 is 11.3 Å². The number of thiazole rings is 1. The quantitative estimate of drug-likeness (QED) is 0.763. The summed E-state index contributed by atoms with van der Waals surface area (Å²) in [6, 6.07) is 5.00. The van der Waals surface area contributed by atoms with Gasteiger partial charge in [-0.2, -0.15) is 0 Å². The summed E-state index contributed by atoms with van der Waals surface area (Å²) >= 11 is 1.51. The zero-order valence-electron chi connectivity index (χ0n) is 12.1. The van der Waals surface area contributed by atoms with Gasteiger partial charge in [0.1, 0.15) is 21.1 Å². The van der Waals surface area contributed by atoms with E-state index in [0.29, 0.717) is 16.3 Å². The van der Waals surface area contributed by atoms with Crippen LogP contribution in [0.2, 0.25) is 0 Å². The van der Waals surface area contributed by atoms with Crippen molar-refractivity contribution in [1.29, 1.82) is 0 Å². The first-order valence-corrected chi connectivity index (χ1v) is 8.40. The molecule has 1 aromatic carbocycles. The number of benzene rings is 1. The van der Waals surface area contributed by atoms with Crippen LogP contribution in [0.5, 0.6) is 5.75 Å². The Kier molecular flexibility index (Phi) is 3.35. The fourth-order valence-electron chi connectivity index (χ4n) is 3.14. The van der Waals surface area contributed by atoms with Crippen LogP contribution in [0, 0.1) is 0 Å². The highest BCUT2D eigenvalue weighted by Gasteiger charge is 2.16. The van der Waals surface area contributed by atoms with Gasteiger partial charge < -0.3 is 10.1 Å². The number of piperidine rings is 1. The molecule has 2 N–H and O–H groups in total. The van der Waals surface area contributed by atoms with Crippen LogP contribution in [0.3, 0.4) is 0 Å². The predicted molar refractivity (Wildman–Crippen MR) is 88.5 cm³/mol. The van der Waals surface area contributed by atoms with Gasteiger partial charge >= 0.3 is 0 Å². The molecule has 0 unspecified atom stereocenters. The van der Waals surface area contributed by atoms with Crippen LogP contribution in [-0.2, 0) is 6.54 Å². The van der Waals surface area contributed by atoms with E-state index in [4.69, 9.17) is 0 Å². The van der Waals surface area contributed by atoms with Gasteiger partial charge in [-0.15, -0.1) is 0 Å². The van der Waals surface area contributed by atoms with E-state index in [-0.39, 0.29) is 11.3 Å². The van der Waals surface area contributed by atoms with E-state index in [1.54, 1.807) is 18.2 Å². The Morgan fingerprint density at radius 3 is 2.91 bits per heavy atom. The van der Waals surface area contributed by atoms with Crippen molar-refractivity contribution < 1.29 is 5.11 Å². The number of aromatic amines is 1. The molecular formula is C16H17N3O2S. The number of phenolic OH excluding ortho intramolecular Hbond substituents is 1. The van der Waals surface area contributed by atoms with Crippen LogP contribution < -0.4 is 5.56 Å². The number of likely N-dealkylation sites (tertiary alicyclic amines) is 1. The smallest absolute Gasteiger partial charge is 0.257 e. The number of nitrogens with zero attached hydrogens (tertiary/aromatic N) is 2. The van der Waals surface area contributed by atoms with Crippen molar-refractivity contribution in [1.82, 2.24) is 14.9 Å². The average Bonchev–Trinajstić information content (AvgIpc) is 2.90. The van der Waals surface area contributed by atoms with Crippen molar-refractivity contribution in [2.75, 3.05) is 13.1 Å². The SMILES string of the molecule is O=c1[nH]c2sc(CN3CCCCC3)nc2c2c(O)cccc12. The van der Waals surface area contributed by atoms with Crippen LogP contribution in [-0.4, -0.2) is 33.1 Å². The Bertz CT molecular complexity index is 893. The maximum absolute atomic E-state index is 12.1.